The van der Waals surface area contributed by atoms with E-state index in [2.05, 4.69) is 5.32 Å². The third kappa shape index (κ3) is 4.71. The van der Waals surface area contributed by atoms with Gasteiger partial charge in [-0.05, 0) is 29.8 Å². The van der Waals surface area contributed by atoms with Crippen molar-refractivity contribution in [2.24, 2.45) is 0 Å². The molecule has 2 aromatic rings. The monoisotopic (exact) mass is 373 g/mol. The average Bonchev–Trinajstić information content (AvgIpc) is 2.60. The number of carbonyl (C=O) groups is 1. The van der Waals surface area contributed by atoms with Gasteiger partial charge in [0.1, 0.15) is 0 Å². The van der Waals surface area contributed by atoms with Gasteiger partial charge in [-0.3, -0.25) is 4.79 Å². The lowest BCUT2D eigenvalue weighted by Gasteiger charge is -2.19. The van der Waals surface area contributed by atoms with Crippen LogP contribution in [0.1, 0.15) is 5.56 Å². The van der Waals surface area contributed by atoms with Gasteiger partial charge < -0.3 is 10.2 Å². The fraction of sp³-hybridized carbons (Fsp3) is 0.211. The van der Waals surface area contributed by atoms with Crippen molar-refractivity contribution in [2.45, 2.75) is 4.90 Å². The Hall–Kier alpha value is -2.64. The number of hydrogen-bond acceptors (Lipinski definition) is 4. The van der Waals surface area contributed by atoms with Gasteiger partial charge in [-0.15, -0.1) is 0 Å². The molecule has 0 spiro atoms. The molecule has 0 unspecified atom stereocenters. The second-order valence-electron chi connectivity index (χ2n) is 6.09. The van der Waals surface area contributed by atoms with Crippen molar-refractivity contribution >= 4 is 33.4 Å². The normalized spacial score (nSPS) is 11.7. The Morgan fingerprint density at radius 3 is 2.23 bits per heavy atom. The predicted octanol–water partition coefficient (Wildman–Crippen LogP) is 2.65. The molecule has 0 saturated carbocycles. The maximum Gasteiger partial charge on any atom is 0.248 e. The Bertz CT molecular complexity index is 905. The van der Waals surface area contributed by atoms with E-state index in [1.807, 2.05) is 49.3 Å². The highest BCUT2D eigenvalue weighted by Gasteiger charge is 2.19. The minimum absolute atomic E-state index is 0.121. The molecule has 7 heteroatoms. The summed E-state index contributed by atoms with van der Waals surface area (Å²) in [6, 6.07) is 14.1. The highest BCUT2D eigenvalue weighted by atomic mass is 32.2. The van der Waals surface area contributed by atoms with E-state index in [4.69, 9.17) is 0 Å². The first-order valence-corrected chi connectivity index (χ1v) is 9.44. The van der Waals surface area contributed by atoms with Crippen molar-refractivity contribution in [3.05, 3.63) is 60.2 Å². The summed E-state index contributed by atoms with van der Waals surface area (Å²) in [5.74, 6) is -0.337. The highest BCUT2D eigenvalue weighted by molar-refractivity contribution is 7.89. The highest BCUT2D eigenvalue weighted by Crippen LogP contribution is 2.28. The Labute approximate surface area is 154 Å². The fourth-order valence-corrected chi connectivity index (χ4v) is 3.22. The standard InChI is InChI=1S/C19H23N3O3S/c1-21(2)18-12-11-16(26(24,25)22(3)4)14-17(18)20-19(23)13-10-15-8-6-5-7-9-15/h5-14H,1-4H3,(H,20,23). The third-order valence-corrected chi connectivity index (χ3v) is 5.52. The average molecular weight is 373 g/mol. The molecule has 2 rings (SSSR count). The molecule has 0 aliphatic heterocycles. The van der Waals surface area contributed by atoms with Gasteiger partial charge in [0.25, 0.3) is 0 Å². The van der Waals surface area contributed by atoms with Crippen molar-refractivity contribution in [3.63, 3.8) is 0 Å². The lowest BCUT2D eigenvalue weighted by molar-refractivity contribution is -0.111. The zero-order valence-corrected chi connectivity index (χ0v) is 16.1. The van der Waals surface area contributed by atoms with Crippen molar-refractivity contribution in [1.29, 1.82) is 0 Å². The van der Waals surface area contributed by atoms with Gasteiger partial charge in [0, 0.05) is 34.3 Å². The van der Waals surface area contributed by atoms with Crippen LogP contribution < -0.4 is 10.2 Å². The van der Waals surface area contributed by atoms with Crippen LogP contribution in [0, 0.1) is 0 Å². The molecular weight excluding hydrogens is 350 g/mol. The van der Waals surface area contributed by atoms with E-state index in [1.54, 1.807) is 12.1 Å². The summed E-state index contributed by atoms with van der Waals surface area (Å²) in [6.45, 7) is 0. The van der Waals surface area contributed by atoms with Crippen molar-refractivity contribution in [1.82, 2.24) is 4.31 Å². The summed E-state index contributed by atoms with van der Waals surface area (Å²) in [7, 11) is 3.00. The molecule has 138 valence electrons. The number of benzene rings is 2. The molecule has 0 aliphatic rings. The summed E-state index contributed by atoms with van der Waals surface area (Å²) < 4.78 is 25.8. The molecule has 0 bridgehead atoms. The SMILES string of the molecule is CN(C)c1ccc(S(=O)(=O)N(C)C)cc1NC(=O)C=Cc1ccccc1. The Balaban J connectivity index is 2.31. The quantitative estimate of drug-likeness (QED) is 0.791. The van der Waals surface area contributed by atoms with E-state index in [0.717, 1.165) is 9.87 Å². The van der Waals surface area contributed by atoms with Crippen LogP contribution in [0.2, 0.25) is 0 Å². The van der Waals surface area contributed by atoms with Crippen LogP contribution in [-0.4, -0.2) is 46.8 Å². The maximum absolute atomic E-state index is 12.3. The molecular formula is C19H23N3O3S. The van der Waals surface area contributed by atoms with E-state index in [9.17, 15) is 13.2 Å². The van der Waals surface area contributed by atoms with Gasteiger partial charge in [-0.25, -0.2) is 12.7 Å². The lowest BCUT2D eigenvalue weighted by Crippen LogP contribution is -2.23. The number of sulfonamides is 1. The van der Waals surface area contributed by atoms with E-state index >= 15 is 0 Å². The third-order valence-electron chi connectivity index (χ3n) is 3.71. The second-order valence-corrected chi connectivity index (χ2v) is 8.25. The van der Waals surface area contributed by atoms with Crippen LogP contribution in [0.5, 0.6) is 0 Å². The molecule has 0 aliphatic carbocycles. The molecule has 0 heterocycles. The van der Waals surface area contributed by atoms with Crippen LogP contribution in [0.3, 0.4) is 0 Å². The zero-order chi connectivity index (χ0) is 19.3. The van der Waals surface area contributed by atoms with Gasteiger partial charge in [0.15, 0.2) is 0 Å². The number of hydrogen-bond donors (Lipinski definition) is 1. The molecule has 0 atom stereocenters. The van der Waals surface area contributed by atoms with Gasteiger partial charge in [0.05, 0.1) is 16.3 Å². The molecule has 0 aromatic heterocycles. The number of carbonyl (C=O) groups excluding carboxylic acids is 1. The Morgan fingerprint density at radius 1 is 1.00 bits per heavy atom. The first-order chi connectivity index (χ1) is 12.2. The van der Waals surface area contributed by atoms with Crippen molar-refractivity contribution < 1.29 is 13.2 Å². The molecule has 1 amide bonds. The topological polar surface area (TPSA) is 69.7 Å². The van der Waals surface area contributed by atoms with E-state index in [1.165, 1.54) is 32.3 Å². The largest absolute Gasteiger partial charge is 0.376 e. The van der Waals surface area contributed by atoms with Crippen LogP contribution >= 0.6 is 0 Å². The zero-order valence-electron chi connectivity index (χ0n) is 15.3. The summed E-state index contributed by atoms with van der Waals surface area (Å²) in [5, 5.41) is 2.76. The van der Waals surface area contributed by atoms with Crippen LogP contribution in [0.4, 0.5) is 11.4 Å². The van der Waals surface area contributed by atoms with Crippen molar-refractivity contribution in [2.75, 3.05) is 38.4 Å². The first-order valence-electron chi connectivity index (χ1n) is 8.00. The summed E-state index contributed by atoms with van der Waals surface area (Å²) in [6.07, 6.45) is 3.12. The predicted molar refractivity (Wildman–Crippen MR) is 106 cm³/mol. The van der Waals surface area contributed by atoms with Gasteiger partial charge in [-0.1, -0.05) is 30.3 Å². The Kier molecular flexibility index (Phi) is 6.18. The van der Waals surface area contributed by atoms with Gasteiger partial charge >= 0.3 is 0 Å². The minimum atomic E-state index is -3.59. The molecule has 26 heavy (non-hydrogen) atoms. The van der Waals surface area contributed by atoms with E-state index in [-0.39, 0.29) is 10.8 Å². The molecule has 0 radical (unpaired) electrons. The number of amides is 1. The smallest absolute Gasteiger partial charge is 0.248 e. The number of anilines is 2. The number of rotatable bonds is 6. The number of nitrogens with zero attached hydrogens (tertiary/aromatic N) is 2. The van der Waals surface area contributed by atoms with E-state index < -0.39 is 10.0 Å². The van der Waals surface area contributed by atoms with Crippen LogP contribution in [0.15, 0.2) is 59.5 Å². The minimum Gasteiger partial charge on any atom is -0.376 e. The summed E-state index contributed by atoms with van der Waals surface area (Å²) >= 11 is 0. The first kappa shape index (κ1) is 19.7. The maximum atomic E-state index is 12.3. The van der Waals surface area contributed by atoms with Crippen LogP contribution in [0.25, 0.3) is 6.08 Å². The number of nitrogens with one attached hydrogen (secondary N) is 1. The molecule has 0 fully saturated rings. The van der Waals surface area contributed by atoms with Gasteiger partial charge in [0.2, 0.25) is 15.9 Å². The Morgan fingerprint density at radius 2 is 1.65 bits per heavy atom. The van der Waals surface area contributed by atoms with Crippen LogP contribution in [-0.2, 0) is 14.8 Å². The fourth-order valence-electron chi connectivity index (χ4n) is 2.29. The lowest BCUT2D eigenvalue weighted by atomic mass is 10.2. The second kappa shape index (κ2) is 8.16. The van der Waals surface area contributed by atoms with Gasteiger partial charge in [-0.2, -0.15) is 0 Å². The van der Waals surface area contributed by atoms with E-state index in [0.29, 0.717) is 11.4 Å². The summed E-state index contributed by atoms with van der Waals surface area (Å²) in [5.41, 5.74) is 2.05. The molecule has 2 aromatic carbocycles. The molecule has 6 nitrogen and oxygen atoms in total. The molecule has 1 N–H and O–H groups in total. The molecule has 0 saturated heterocycles. The van der Waals surface area contributed by atoms with Crippen molar-refractivity contribution in [3.8, 4) is 0 Å². The summed E-state index contributed by atoms with van der Waals surface area (Å²) in [4.78, 5) is 14.2.